The first-order chi connectivity index (χ1) is 9.47. The Morgan fingerprint density at radius 1 is 1.00 bits per heavy atom. The van der Waals surface area contributed by atoms with Crippen molar-refractivity contribution >= 4 is 0 Å². The average Bonchev–Trinajstić information content (AvgIpc) is 2.33. The molecule has 118 valence electrons. The second kappa shape index (κ2) is 7.26. The molecule has 3 atom stereocenters. The van der Waals surface area contributed by atoms with Crippen LogP contribution in [0.4, 0.5) is 0 Å². The lowest BCUT2D eigenvalue weighted by molar-refractivity contribution is 0.0393. The van der Waals surface area contributed by atoms with Crippen LogP contribution in [0.2, 0.25) is 0 Å². The van der Waals surface area contributed by atoms with Gasteiger partial charge in [0.05, 0.1) is 0 Å². The number of hydrogen-bond acceptors (Lipinski definition) is 2. The van der Waals surface area contributed by atoms with Gasteiger partial charge in [0.25, 0.3) is 0 Å². The minimum Gasteiger partial charge on any atom is -0.312 e. The zero-order chi connectivity index (χ0) is 14.7. The van der Waals surface area contributed by atoms with Crippen LogP contribution in [0, 0.1) is 23.7 Å². The smallest absolute Gasteiger partial charge is 0.0198 e. The monoisotopic (exact) mass is 280 g/mol. The highest BCUT2D eigenvalue weighted by molar-refractivity contribution is 4.90. The Balaban J connectivity index is 1.92. The largest absolute Gasteiger partial charge is 0.312 e. The molecule has 1 N–H and O–H groups in total. The summed E-state index contributed by atoms with van der Waals surface area (Å²) in [7, 11) is 0. The Bertz CT molecular complexity index is 283. The molecule has 0 amide bonds. The van der Waals surface area contributed by atoms with Gasteiger partial charge in [-0.2, -0.15) is 0 Å². The van der Waals surface area contributed by atoms with Gasteiger partial charge in [-0.25, -0.2) is 0 Å². The third-order valence-corrected chi connectivity index (χ3v) is 5.68. The molecule has 0 aromatic heterocycles. The number of likely N-dealkylation sites (tertiary alicyclic amines) is 1. The molecule has 0 bridgehead atoms. The Morgan fingerprint density at radius 2 is 1.70 bits per heavy atom. The summed E-state index contributed by atoms with van der Waals surface area (Å²) in [5, 5.41) is 3.82. The van der Waals surface area contributed by atoms with E-state index in [0.717, 1.165) is 29.7 Å². The van der Waals surface area contributed by atoms with Gasteiger partial charge in [0.2, 0.25) is 0 Å². The highest BCUT2D eigenvalue weighted by Crippen LogP contribution is 2.34. The van der Waals surface area contributed by atoms with Crippen molar-refractivity contribution in [3.8, 4) is 0 Å². The second-order valence-corrected chi connectivity index (χ2v) is 8.12. The van der Waals surface area contributed by atoms with E-state index in [-0.39, 0.29) is 0 Å². The lowest BCUT2D eigenvalue weighted by Crippen LogP contribution is -2.55. The van der Waals surface area contributed by atoms with E-state index in [2.05, 4.69) is 44.8 Å². The van der Waals surface area contributed by atoms with Crippen molar-refractivity contribution in [3.05, 3.63) is 0 Å². The maximum absolute atomic E-state index is 3.82. The summed E-state index contributed by atoms with van der Waals surface area (Å²) < 4.78 is 0. The summed E-state index contributed by atoms with van der Waals surface area (Å²) in [6.45, 7) is 15.7. The van der Waals surface area contributed by atoms with Crippen LogP contribution in [0.15, 0.2) is 0 Å². The van der Waals surface area contributed by atoms with Crippen molar-refractivity contribution in [2.75, 3.05) is 19.6 Å². The van der Waals surface area contributed by atoms with Crippen molar-refractivity contribution in [1.29, 1.82) is 0 Å². The van der Waals surface area contributed by atoms with Crippen molar-refractivity contribution in [2.24, 2.45) is 23.7 Å². The fraction of sp³-hybridized carbons (Fsp3) is 1.00. The summed E-state index contributed by atoms with van der Waals surface area (Å²) in [6.07, 6.45) is 5.77. The van der Waals surface area contributed by atoms with Crippen molar-refractivity contribution in [1.82, 2.24) is 10.2 Å². The van der Waals surface area contributed by atoms with E-state index in [1.54, 1.807) is 0 Å². The number of rotatable bonds is 6. The molecule has 3 unspecified atom stereocenters. The molecular formula is C18H36N2. The van der Waals surface area contributed by atoms with Crippen LogP contribution in [0.3, 0.4) is 0 Å². The Morgan fingerprint density at radius 3 is 2.20 bits per heavy atom. The van der Waals surface area contributed by atoms with E-state index in [4.69, 9.17) is 0 Å². The summed E-state index contributed by atoms with van der Waals surface area (Å²) in [4.78, 5) is 2.80. The molecule has 2 rings (SSSR count). The van der Waals surface area contributed by atoms with Gasteiger partial charge in [0.15, 0.2) is 0 Å². The normalized spacial score (nSPS) is 30.8. The third-order valence-electron chi connectivity index (χ3n) is 5.68. The highest BCUT2D eigenvalue weighted by Gasteiger charge is 2.35. The van der Waals surface area contributed by atoms with Gasteiger partial charge < -0.3 is 5.32 Å². The fourth-order valence-corrected chi connectivity index (χ4v) is 3.76. The van der Waals surface area contributed by atoms with Crippen molar-refractivity contribution in [3.63, 3.8) is 0 Å². The van der Waals surface area contributed by atoms with E-state index < -0.39 is 0 Å². The molecule has 2 aliphatic rings. The molecule has 1 aliphatic carbocycles. The Labute approximate surface area is 126 Å². The van der Waals surface area contributed by atoms with Crippen LogP contribution >= 0.6 is 0 Å². The van der Waals surface area contributed by atoms with E-state index >= 15 is 0 Å². The Hall–Kier alpha value is -0.0800. The maximum Gasteiger partial charge on any atom is 0.0198 e. The fourth-order valence-electron chi connectivity index (χ4n) is 3.76. The van der Waals surface area contributed by atoms with Crippen molar-refractivity contribution in [2.45, 2.75) is 72.4 Å². The van der Waals surface area contributed by atoms with Crippen molar-refractivity contribution < 1.29 is 0 Å². The number of nitrogens with one attached hydrogen (secondary N) is 1. The van der Waals surface area contributed by atoms with Gasteiger partial charge >= 0.3 is 0 Å². The van der Waals surface area contributed by atoms with Crippen LogP contribution in [0.25, 0.3) is 0 Å². The molecule has 1 heterocycles. The van der Waals surface area contributed by atoms with Gasteiger partial charge in [-0.05, 0) is 56.4 Å². The standard InChI is InChI=1S/C18H36N2/c1-13(2)10-19-18-9-17(14(3)4)11-20(12-18)15(5)16-7-6-8-16/h13-19H,6-12H2,1-5H3. The topological polar surface area (TPSA) is 15.3 Å². The third kappa shape index (κ3) is 4.21. The molecule has 0 aromatic rings. The first-order valence-electron chi connectivity index (χ1n) is 8.94. The Kier molecular flexibility index (Phi) is 5.92. The second-order valence-electron chi connectivity index (χ2n) is 8.12. The van der Waals surface area contributed by atoms with E-state index in [1.165, 1.54) is 45.3 Å². The molecule has 2 fully saturated rings. The molecule has 1 aliphatic heterocycles. The number of nitrogens with zero attached hydrogens (tertiary/aromatic N) is 1. The van der Waals surface area contributed by atoms with E-state index in [9.17, 15) is 0 Å². The maximum atomic E-state index is 3.82. The molecule has 1 saturated heterocycles. The molecular weight excluding hydrogens is 244 g/mol. The molecule has 2 nitrogen and oxygen atoms in total. The SMILES string of the molecule is CC(C)CNC1CC(C(C)C)CN(C(C)C2CCC2)C1. The number of piperidine rings is 1. The van der Waals surface area contributed by atoms with Crippen LogP contribution in [0.5, 0.6) is 0 Å². The quantitative estimate of drug-likeness (QED) is 0.797. The number of hydrogen-bond donors (Lipinski definition) is 1. The van der Waals surface area contributed by atoms with Gasteiger partial charge in [-0.1, -0.05) is 34.1 Å². The molecule has 0 aromatic carbocycles. The zero-order valence-corrected chi connectivity index (χ0v) is 14.4. The van der Waals surface area contributed by atoms with Gasteiger partial charge in [0.1, 0.15) is 0 Å². The zero-order valence-electron chi connectivity index (χ0n) is 14.4. The average molecular weight is 280 g/mol. The molecule has 2 heteroatoms. The predicted molar refractivity (Wildman–Crippen MR) is 87.9 cm³/mol. The van der Waals surface area contributed by atoms with Crippen LogP contribution < -0.4 is 5.32 Å². The lowest BCUT2D eigenvalue weighted by Gasteiger charge is -2.46. The van der Waals surface area contributed by atoms with Crippen LogP contribution in [-0.2, 0) is 0 Å². The van der Waals surface area contributed by atoms with Crippen LogP contribution in [-0.4, -0.2) is 36.6 Å². The summed E-state index contributed by atoms with van der Waals surface area (Å²) in [5.41, 5.74) is 0. The van der Waals surface area contributed by atoms with E-state index in [1.807, 2.05) is 0 Å². The van der Waals surface area contributed by atoms with Crippen LogP contribution in [0.1, 0.15) is 60.3 Å². The summed E-state index contributed by atoms with van der Waals surface area (Å²) in [6, 6.07) is 1.51. The van der Waals surface area contributed by atoms with Gasteiger partial charge in [-0.15, -0.1) is 0 Å². The summed E-state index contributed by atoms with van der Waals surface area (Å²) in [5.74, 6) is 3.42. The predicted octanol–water partition coefficient (Wildman–Crippen LogP) is 3.77. The molecule has 0 spiro atoms. The minimum absolute atomic E-state index is 0.709. The highest BCUT2D eigenvalue weighted by atomic mass is 15.2. The first kappa shape index (κ1) is 16.3. The lowest BCUT2D eigenvalue weighted by atomic mass is 9.77. The summed E-state index contributed by atoms with van der Waals surface area (Å²) >= 11 is 0. The minimum atomic E-state index is 0.709. The van der Waals surface area contributed by atoms with Gasteiger partial charge in [-0.3, -0.25) is 4.90 Å². The molecule has 20 heavy (non-hydrogen) atoms. The first-order valence-corrected chi connectivity index (χ1v) is 8.94. The molecule has 0 radical (unpaired) electrons. The van der Waals surface area contributed by atoms with Gasteiger partial charge in [0, 0.05) is 25.2 Å². The molecule has 1 saturated carbocycles. The van der Waals surface area contributed by atoms with E-state index in [0.29, 0.717) is 6.04 Å².